The molecule has 8 heteroatoms. The van der Waals surface area contributed by atoms with Gasteiger partial charge in [-0.05, 0) is 18.2 Å². The summed E-state index contributed by atoms with van der Waals surface area (Å²) < 4.78 is 34.5. The van der Waals surface area contributed by atoms with E-state index in [1.807, 2.05) is 11.6 Å². The number of ether oxygens (including phenoxy) is 1. The van der Waals surface area contributed by atoms with Crippen molar-refractivity contribution in [1.29, 1.82) is 0 Å². The van der Waals surface area contributed by atoms with Crippen molar-refractivity contribution in [3.8, 4) is 0 Å². The van der Waals surface area contributed by atoms with Gasteiger partial charge in [-0.3, -0.25) is 4.79 Å². The summed E-state index contributed by atoms with van der Waals surface area (Å²) in [6.45, 7) is 2.07. The van der Waals surface area contributed by atoms with Crippen molar-refractivity contribution in [2.24, 2.45) is 7.05 Å². The molecule has 1 saturated heterocycles. The van der Waals surface area contributed by atoms with Crippen molar-refractivity contribution in [3.05, 3.63) is 53.9 Å². The highest BCUT2D eigenvalue weighted by Crippen LogP contribution is 2.29. The first kappa shape index (κ1) is 17.4. The molecule has 1 fully saturated rings. The van der Waals surface area contributed by atoms with Crippen LogP contribution in [0.4, 0.5) is 20.3 Å². The zero-order valence-corrected chi connectivity index (χ0v) is 14.7. The largest absolute Gasteiger partial charge is 0.378 e. The number of nitrogens with one attached hydrogen (secondary N) is 1. The molecule has 0 spiro atoms. The lowest BCUT2D eigenvalue weighted by Crippen LogP contribution is -2.40. The molecule has 2 aromatic heterocycles. The number of aryl methyl sites for hydroxylation is 1. The summed E-state index contributed by atoms with van der Waals surface area (Å²) in [5.41, 5.74) is 1.13. The van der Waals surface area contributed by atoms with Gasteiger partial charge in [0.05, 0.1) is 30.0 Å². The molecule has 4 rings (SSSR count). The first-order valence-corrected chi connectivity index (χ1v) is 8.58. The molecule has 1 aliphatic heterocycles. The van der Waals surface area contributed by atoms with Crippen LogP contribution >= 0.6 is 0 Å². The Morgan fingerprint density at radius 3 is 2.78 bits per heavy atom. The Kier molecular flexibility index (Phi) is 4.49. The zero-order chi connectivity index (χ0) is 19.0. The number of morpholine rings is 1. The average molecular weight is 372 g/mol. The molecule has 1 amide bonds. The average Bonchev–Trinajstić information content (AvgIpc) is 3.07. The second-order valence-electron chi connectivity index (χ2n) is 6.36. The number of pyridine rings is 1. The zero-order valence-electron chi connectivity index (χ0n) is 14.7. The number of nitrogens with zero attached hydrogens (tertiary/aromatic N) is 3. The summed E-state index contributed by atoms with van der Waals surface area (Å²) in [6.07, 6.45) is 3.27. The van der Waals surface area contributed by atoms with Gasteiger partial charge in [-0.25, -0.2) is 13.8 Å². The summed E-state index contributed by atoms with van der Waals surface area (Å²) in [6, 6.07) is 4.96. The Balaban J connectivity index is 1.74. The van der Waals surface area contributed by atoms with Crippen LogP contribution in [0.15, 0.2) is 36.7 Å². The molecular weight excluding hydrogens is 354 g/mol. The minimum atomic E-state index is -0.587. The molecular formula is C19H18F2N4O2. The van der Waals surface area contributed by atoms with Crippen LogP contribution in [0.5, 0.6) is 0 Å². The number of halogens is 2. The Morgan fingerprint density at radius 1 is 1.22 bits per heavy atom. The van der Waals surface area contributed by atoms with Crippen molar-refractivity contribution in [2.45, 2.75) is 0 Å². The van der Waals surface area contributed by atoms with Gasteiger partial charge in [-0.1, -0.05) is 0 Å². The van der Waals surface area contributed by atoms with E-state index in [1.165, 1.54) is 6.20 Å². The van der Waals surface area contributed by atoms with Gasteiger partial charge in [0.2, 0.25) is 0 Å². The number of aromatic nitrogens is 2. The Hall–Kier alpha value is -3.00. The summed E-state index contributed by atoms with van der Waals surface area (Å²) >= 11 is 0. The summed E-state index contributed by atoms with van der Waals surface area (Å²) in [4.78, 5) is 19.0. The van der Waals surface area contributed by atoms with Gasteiger partial charge in [0.25, 0.3) is 5.91 Å². The van der Waals surface area contributed by atoms with Crippen LogP contribution in [0.3, 0.4) is 0 Å². The topological polar surface area (TPSA) is 59.4 Å². The molecule has 140 valence electrons. The predicted molar refractivity (Wildman–Crippen MR) is 97.1 cm³/mol. The van der Waals surface area contributed by atoms with Crippen LogP contribution in [0.25, 0.3) is 10.9 Å². The highest BCUT2D eigenvalue weighted by atomic mass is 19.1. The lowest BCUT2D eigenvalue weighted by Gasteiger charge is -2.27. The number of hydrogen-bond acceptors (Lipinski definition) is 4. The molecule has 0 unspecified atom stereocenters. The SMILES string of the molecule is Cn1ccc2c(Nc3cc(F)ccc3F)ncc(C(=O)N3CCOCC3)c21. The Labute approximate surface area is 154 Å². The molecule has 1 aromatic carbocycles. The third-order valence-corrected chi connectivity index (χ3v) is 4.62. The van der Waals surface area contributed by atoms with Crippen LogP contribution in [0.1, 0.15) is 10.4 Å². The molecule has 0 aliphatic carbocycles. The van der Waals surface area contributed by atoms with E-state index >= 15 is 0 Å². The third-order valence-electron chi connectivity index (χ3n) is 4.62. The van der Waals surface area contributed by atoms with Gasteiger partial charge >= 0.3 is 0 Å². The molecule has 1 N–H and O–H groups in total. The van der Waals surface area contributed by atoms with Crippen molar-refractivity contribution >= 4 is 28.3 Å². The molecule has 0 radical (unpaired) electrons. The minimum absolute atomic E-state index is 0.0140. The summed E-state index contributed by atoms with van der Waals surface area (Å²) in [5.74, 6) is -0.909. The maximum Gasteiger partial charge on any atom is 0.257 e. The van der Waals surface area contributed by atoms with Crippen LogP contribution in [0.2, 0.25) is 0 Å². The summed E-state index contributed by atoms with van der Waals surface area (Å²) in [7, 11) is 1.82. The molecule has 0 atom stereocenters. The fraction of sp³-hybridized carbons (Fsp3) is 0.263. The van der Waals surface area contributed by atoms with E-state index in [-0.39, 0.29) is 11.6 Å². The fourth-order valence-electron chi connectivity index (χ4n) is 3.23. The first-order chi connectivity index (χ1) is 13.0. The van der Waals surface area contributed by atoms with Crippen LogP contribution in [-0.2, 0) is 11.8 Å². The van der Waals surface area contributed by atoms with E-state index < -0.39 is 11.6 Å². The normalized spacial score (nSPS) is 14.6. The van der Waals surface area contributed by atoms with E-state index in [9.17, 15) is 13.6 Å². The number of anilines is 2. The van der Waals surface area contributed by atoms with Gasteiger partial charge in [0.15, 0.2) is 0 Å². The van der Waals surface area contributed by atoms with E-state index in [4.69, 9.17) is 4.74 Å². The number of rotatable bonds is 3. The van der Waals surface area contributed by atoms with E-state index in [1.54, 1.807) is 17.2 Å². The highest BCUT2D eigenvalue weighted by Gasteiger charge is 2.23. The second-order valence-corrected chi connectivity index (χ2v) is 6.36. The number of amides is 1. The van der Waals surface area contributed by atoms with E-state index in [0.29, 0.717) is 48.6 Å². The molecule has 27 heavy (non-hydrogen) atoms. The smallest absolute Gasteiger partial charge is 0.257 e. The van der Waals surface area contributed by atoms with E-state index in [0.717, 1.165) is 18.2 Å². The van der Waals surface area contributed by atoms with Crippen molar-refractivity contribution < 1.29 is 18.3 Å². The van der Waals surface area contributed by atoms with Crippen LogP contribution in [-0.4, -0.2) is 46.7 Å². The predicted octanol–water partition coefficient (Wildman–Crippen LogP) is 3.07. The minimum Gasteiger partial charge on any atom is -0.378 e. The number of hydrogen-bond donors (Lipinski definition) is 1. The quantitative estimate of drug-likeness (QED) is 0.768. The fourth-order valence-corrected chi connectivity index (χ4v) is 3.23. The summed E-state index contributed by atoms with van der Waals surface area (Å²) in [5, 5.41) is 3.48. The van der Waals surface area contributed by atoms with Gasteiger partial charge < -0.3 is 19.5 Å². The number of benzene rings is 1. The van der Waals surface area contributed by atoms with Crippen molar-refractivity contribution in [3.63, 3.8) is 0 Å². The second kappa shape index (κ2) is 6.96. The first-order valence-electron chi connectivity index (χ1n) is 8.58. The molecule has 3 aromatic rings. The van der Waals surface area contributed by atoms with Gasteiger partial charge in [0, 0.05) is 44.0 Å². The molecule has 0 saturated carbocycles. The van der Waals surface area contributed by atoms with Gasteiger partial charge in [-0.2, -0.15) is 0 Å². The number of carbonyl (C=O) groups excluding carboxylic acids is 1. The molecule has 3 heterocycles. The van der Waals surface area contributed by atoms with Crippen LogP contribution in [0, 0.1) is 11.6 Å². The number of carbonyl (C=O) groups is 1. The Morgan fingerprint density at radius 2 is 2.00 bits per heavy atom. The molecule has 1 aliphatic rings. The standard InChI is InChI=1S/C19H18F2N4O2/c1-24-5-4-13-17(24)14(19(26)25-6-8-27-9-7-25)11-22-18(13)23-16-10-12(20)2-3-15(16)21/h2-5,10-11H,6-9H2,1H3,(H,22,23). The molecule has 6 nitrogen and oxygen atoms in total. The van der Waals surface area contributed by atoms with E-state index in [2.05, 4.69) is 10.3 Å². The van der Waals surface area contributed by atoms with Crippen LogP contribution < -0.4 is 5.32 Å². The van der Waals surface area contributed by atoms with Gasteiger partial charge in [0.1, 0.15) is 17.5 Å². The van der Waals surface area contributed by atoms with Gasteiger partial charge in [-0.15, -0.1) is 0 Å². The maximum absolute atomic E-state index is 14.0. The monoisotopic (exact) mass is 372 g/mol. The lowest BCUT2D eigenvalue weighted by molar-refractivity contribution is 0.0303. The Bertz CT molecular complexity index is 1010. The van der Waals surface area contributed by atoms with Crippen molar-refractivity contribution in [2.75, 3.05) is 31.6 Å². The third kappa shape index (κ3) is 3.23. The highest BCUT2D eigenvalue weighted by molar-refractivity contribution is 6.08. The maximum atomic E-state index is 14.0. The lowest BCUT2D eigenvalue weighted by atomic mass is 10.1. The molecule has 0 bridgehead atoms. The van der Waals surface area contributed by atoms with Crippen molar-refractivity contribution in [1.82, 2.24) is 14.5 Å². The number of fused-ring (bicyclic) bond motifs is 1.